The van der Waals surface area contributed by atoms with E-state index in [0.717, 1.165) is 12.1 Å². The van der Waals surface area contributed by atoms with Crippen molar-refractivity contribution in [3.63, 3.8) is 0 Å². The minimum atomic E-state index is -0.896. The fourth-order valence-corrected chi connectivity index (χ4v) is 4.00. The maximum Gasteiger partial charge on any atom is 0.335 e. The van der Waals surface area contributed by atoms with Crippen molar-refractivity contribution >= 4 is 17.3 Å². The SMILES string of the molecule is Cc1c(C)c2c(c(C)c1Nc1ccc(C(=O)O)cc1)CCCC2C. The number of anilines is 2. The summed E-state index contributed by atoms with van der Waals surface area (Å²) in [4.78, 5) is 11.0. The van der Waals surface area contributed by atoms with Crippen LogP contribution < -0.4 is 5.32 Å². The van der Waals surface area contributed by atoms with Gasteiger partial charge in [0.2, 0.25) is 0 Å². The minimum Gasteiger partial charge on any atom is -0.478 e. The van der Waals surface area contributed by atoms with E-state index in [1.807, 2.05) is 12.1 Å². The second kappa shape index (κ2) is 6.31. The van der Waals surface area contributed by atoms with E-state index in [4.69, 9.17) is 5.11 Å². The Balaban J connectivity index is 2.02. The van der Waals surface area contributed by atoms with E-state index in [-0.39, 0.29) is 0 Å². The van der Waals surface area contributed by atoms with E-state index in [1.165, 1.54) is 40.8 Å². The lowest BCUT2D eigenvalue weighted by atomic mass is 9.77. The molecular formula is C21H25NO2. The third-order valence-electron chi connectivity index (χ3n) is 5.45. The zero-order valence-electron chi connectivity index (χ0n) is 14.9. The average molecular weight is 323 g/mol. The molecule has 0 aliphatic heterocycles. The van der Waals surface area contributed by atoms with Crippen LogP contribution in [0.1, 0.15) is 63.9 Å². The Labute approximate surface area is 143 Å². The summed E-state index contributed by atoms with van der Waals surface area (Å²) in [5.74, 6) is -0.262. The molecule has 1 aliphatic rings. The van der Waals surface area contributed by atoms with E-state index in [0.29, 0.717) is 11.5 Å². The highest BCUT2D eigenvalue weighted by Gasteiger charge is 2.24. The molecule has 3 rings (SSSR count). The summed E-state index contributed by atoms with van der Waals surface area (Å²) in [5, 5.41) is 12.5. The highest BCUT2D eigenvalue weighted by molar-refractivity contribution is 5.88. The molecule has 0 saturated heterocycles. The lowest BCUT2D eigenvalue weighted by Gasteiger charge is -2.30. The Morgan fingerprint density at radius 1 is 1.08 bits per heavy atom. The van der Waals surface area contributed by atoms with Gasteiger partial charge in [0, 0.05) is 11.4 Å². The molecule has 126 valence electrons. The van der Waals surface area contributed by atoms with Crippen molar-refractivity contribution in [3.8, 4) is 0 Å². The summed E-state index contributed by atoms with van der Waals surface area (Å²) >= 11 is 0. The molecule has 0 aromatic heterocycles. The largest absolute Gasteiger partial charge is 0.478 e. The molecule has 0 saturated carbocycles. The van der Waals surface area contributed by atoms with Gasteiger partial charge in [-0.3, -0.25) is 0 Å². The van der Waals surface area contributed by atoms with Crippen molar-refractivity contribution in [2.75, 3.05) is 5.32 Å². The monoisotopic (exact) mass is 323 g/mol. The van der Waals surface area contributed by atoms with Crippen LogP contribution in [-0.2, 0) is 6.42 Å². The molecule has 2 aromatic rings. The van der Waals surface area contributed by atoms with Gasteiger partial charge >= 0.3 is 5.97 Å². The average Bonchev–Trinajstić information content (AvgIpc) is 2.57. The summed E-state index contributed by atoms with van der Waals surface area (Å²) in [6.07, 6.45) is 3.68. The van der Waals surface area contributed by atoms with E-state index < -0.39 is 5.97 Å². The predicted molar refractivity (Wildman–Crippen MR) is 98.7 cm³/mol. The topological polar surface area (TPSA) is 49.3 Å². The van der Waals surface area contributed by atoms with Crippen LogP contribution in [0.4, 0.5) is 11.4 Å². The molecule has 0 heterocycles. The molecule has 0 fully saturated rings. The number of hydrogen-bond donors (Lipinski definition) is 2. The zero-order chi connectivity index (χ0) is 17.4. The molecule has 3 nitrogen and oxygen atoms in total. The lowest BCUT2D eigenvalue weighted by Crippen LogP contribution is -2.14. The van der Waals surface area contributed by atoms with Crippen LogP contribution in [0.25, 0.3) is 0 Å². The highest BCUT2D eigenvalue weighted by Crippen LogP contribution is 2.41. The van der Waals surface area contributed by atoms with Gasteiger partial charge in [0.25, 0.3) is 0 Å². The quantitative estimate of drug-likeness (QED) is 0.785. The smallest absolute Gasteiger partial charge is 0.335 e. The maximum atomic E-state index is 11.0. The number of fused-ring (bicyclic) bond motifs is 1. The van der Waals surface area contributed by atoms with Gasteiger partial charge in [-0.15, -0.1) is 0 Å². The molecule has 0 amide bonds. The number of hydrogen-bond acceptors (Lipinski definition) is 2. The first-order valence-electron chi connectivity index (χ1n) is 8.63. The Bertz CT molecular complexity index is 791. The molecular weight excluding hydrogens is 298 g/mol. The van der Waals surface area contributed by atoms with Gasteiger partial charge in [-0.25, -0.2) is 4.79 Å². The highest BCUT2D eigenvalue weighted by atomic mass is 16.4. The van der Waals surface area contributed by atoms with Gasteiger partial charge in [-0.2, -0.15) is 0 Å². The number of carbonyl (C=O) groups is 1. The number of aromatic carboxylic acids is 1. The van der Waals surface area contributed by atoms with Crippen molar-refractivity contribution < 1.29 is 9.90 Å². The van der Waals surface area contributed by atoms with Crippen LogP contribution in [0.15, 0.2) is 24.3 Å². The summed E-state index contributed by atoms with van der Waals surface area (Å²) in [6.45, 7) is 8.95. The minimum absolute atomic E-state index is 0.310. The summed E-state index contributed by atoms with van der Waals surface area (Å²) < 4.78 is 0. The van der Waals surface area contributed by atoms with E-state index >= 15 is 0 Å². The van der Waals surface area contributed by atoms with Gasteiger partial charge in [-0.1, -0.05) is 6.92 Å². The standard InChI is InChI=1S/C21H25NO2/c1-12-6-5-7-18-15(4)20(14(3)13(2)19(12)18)22-17-10-8-16(9-11-17)21(23)24/h8-12,22H,5-7H2,1-4H3,(H,23,24). The molecule has 1 atom stereocenters. The fraction of sp³-hybridized carbons (Fsp3) is 0.381. The summed E-state index contributed by atoms with van der Waals surface area (Å²) in [7, 11) is 0. The van der Waals surface area contributed by atoms with Gasteiger partial charge in [0.05, 0.1) is 5.56 Å². The van der Waals surface area contributed by atoms with Crippen molar-refractivity contribution in [1.82, 2.24) is 0 Å². The normalized spacial score (nSPS) is 16.6. The van der Waals surface area contributed by atoms with Gasteiger partial charge in [-0.05, 0) is 98.0 Å². The van der Waals surface area contributed by atoms with E-state index in [1.54, 1.807) is 17.7 Å². The molecule has 0 radical (unpaired) electrons. The Morgan fingerprint density at radius 2 is 1.75 bits per heavy atom. The molecule has 2 N–H and O–H groups in total. The third kappa shape index (κ3) is 2.79. The lowest BCUT2D eigenvalue weighted by molar-refractivity contribution is 0.0697. The number of carboxylic acid groups (broad SMARTS) is 1. The Hall–Kier alpha value is -2.29. The predicted octanol–water partition coefficient (Wildman–Crippen LogP) is 5.49. The van der Waals surface area contributed by atoms with Gasteiger partial charge < -0.3 is 10.4 Å². The van der Waals surface area contributed by atoms with Crippen molar-refractivity contribution in [2.24, 2.45) is 0 Å². The van der Waals surface area contributed by atoms with Crippen LogP contribution in [0.3, 0.4) is 0 Å². The molecule has 0 bridgehead atoms. The Morgan fingerprint density at radius 3 is 2.38 bits per heavy atom. The molecule has 3 heteroatoms. The second-order valence-electron chi connectivity index (χ2n) is 6.94. The number of rotatable bonds is 3. The number of benzene rings is 2. The van der Waals surface area contributed by atoms with E-state index in [9.17, 15) is 4.79 Å². The molecule has 2 aromatic carbocycles. The number of carboxylic acids is 1. The van der Waals surface area contributed by atoms with Crippen LogP contribution in [0.5, 0.6) is 0 Å². The van der Waals surface area contributed by atoms with Crippen LogP contribution in [-0.4, -0.2) is 11.1 Å². The molecule has 1 aliphatic carbocycles. The van der Waals surface area contributed by atoms with Crippen LogP contribution in [0.2, 0.25) is 0 Å². The van der Waals surface area contributed by atoms with Crippen molar-refractivity contribution in [3.05, 3.63) is 57.6 Å². The molecule has 24 heavy (non-hydrogen) atoms. The van der Waals surface area contributed by atoms with Crippen molar-refractivity contribution in [1.29, 1.82) is 0 Å². The first-order valence-corrected chi connectivity index (χ1v) is 8.63. The second-order valence-corrected chi connectivity index (χ2v) is 6.94. The zero-order valence-corrected chi connectivity index (χ0v) is 14.9. The fourth-order valence-electron chi connectivity index (χ4n) is 4.00. The van der Waals surface area contributed by atoms with Gasteiger partial charge in [0.1, 0.15) is 0 Å². The van der Waals surface area contributed by atoms with E-state index in [2.05, 4.69) is 33.0 Å². The number of nitrogens with one attached hydrogen (secondary N) is 1. The Kier molecular flexibility index (Phi) is 4.35. The molecule has 0 spiro atoms. The first kappa shape index (κ1) is 16.6. The van der Waals surface area contributed by atoms with Crippen LogP contribution >= 0.6 is 0 Å². The third-order valence-corrected chi connectivity index (χ3v) is 5.45. The summed E-state index contributed by atoms with van der Waals surface area (Å²) in [5.41, 5.74) is 9.48. The first-order chi connectivity index (χ1) is 11.4. The van der Waals surface area contributed by atoms with Gasteiger partial charge in [0.15, 0.2) is 0 Å². The van der Waals surface area contributed by atoms with Crippen molar-refractivity contribution in [2.45, 2.75) is 52.9 Å². The maximum absolute atomic E-state index is 11.0. The molecule has 1 unspecified atom stereocenters. The summed E-state index contributed by atoms with van der Waals surface area (Å²) in [6, 6.07) is 6.95. The van der Waals surface area contributed by atoms with Crippen LogP contribution in [0, 0.1) is 20.8 Å².